The van der Waals surface area contributed by atoms with Gasteiger partial charge < -0.3 is 9.32 Å². The van der Waals surface area contributed by atoms with Gasteiger partial charge in [0, 0.05) is 19.7 Å². The van der Waals surface area contributed by atoms with Crippen LogP contribution in [0.2, 0.25) is 0 Å². The Morgan fingerprint density at radius 2 is 1.80 bits per heavy atom. The highest BCUT2D eigenvalue weighted by molar-refractivity contribution is 5.59. The second-order valence-corrected chi connectivity index (χ2v) is 3.52. The first-order valence-electron chi connectivity index (χ1n) is 4.91. The van der Waals surface area contributed by atoms with Crippen molar-refractivity contribution < 1.29 is 4.42 Å². The molecule has 2 aromatic rings. The summed E-state index contributed by atoms with van der Waals surface area (Å²) in [5, 5.41) is 0. The Morgan fingerprint density at radius 1 is 1.13 bits per heavy atom. The summed E-state index contributed by atoms with van der Waals surface area (Å²) in [6.45, 7) is 3.81. The van der Waals surface area contributed by atoms with Crippen molar-refractivity contribution in [2.24, 2.45) is 0 Å². The molecular weight excluding hydrogens is 188 g/mol. The molecule has 78 valence electrons. The summed E-state index contributed by atoms with van der Waals surface area (Å²) < 4.78 is 5.55. The molecule has 0 amide bonds. The van der Waals surface area contributed by atoms with Gasteiger partial charge in [0.15, 0.2) is 5.89 Å². The lowest BCUT2D eigenvalue weighted by molar-refractivity contribution is 0.525. The molecule has 0 spiro atoms. The van der Waals surface area contributed by atoms with Gasteiger partial charge in [-0.25, -0.2) is 4.98 Å². The summed E-state index contributed by atoms with van der Waals surface area (Å²) in [4.78, 5) is 6.24. The molecule has 0 unspecified atom stereocenters. The van der Waals surface area contributed by atoms with Crippen molar-refractivity contribution in [3.63, 3.8) is 0 Å². The summed E-state index contributed by atoms with van der Waals surface area (Å²) in [6, 6.07) is 10.1. The Labute approximate surface area is 89.4 Å². The SMILES string of the molecule is Cc1nc(C)c(N(C)c2ccccc2)o1. The van der Waals surface area contributed by atoms with Crippen LogP contribution < -0.4 is 4.90 Å². The minimum atomic E-state index is 0.699. The average Bonchev–Trinajstić information content (AvgIpc) is 2.58. The molecule has 3 heteroatoms. The van der Waals surface area contributed by atoms with E-state index in [1.54, 1.807) is 0 Å². The molecular formula is C12H14N2O. The van der Waals surface area contributed by atoms with Crippen molar-refractivity contribution >= 4 is 11.6 Å². The molecule has 2 rings (SSSR count). The number of hydrogen-bond donors (Lipinski definition) is 0. The van der Waals surface area contributed by atoms with Crippen LogP contribution >= 0.6 is 0 Å². The predicted octanol–water partition coefficient (Wildman–Crippen LogP) is 3.06. The van der Waals surface area contributed by atoms with Gasteiger partial charge in [-0.3, -0.25) is 0 Å². The molecule has 0 aliphatic heterocycles. The third kappa shape index (κ3) is 1.86. The molecule has 1 aromatic heterocycles. The van der Waals surface area contributed by atoms with Gasteiger partial charge in [0.2, 0.25) is 5.88 Å². The first-order valence-corrected chi connectivity index (χ1v) is 4.91. The lowest BCUT2D eigenvalue weighted by Crippen LogP contribution is -2.09. The maximum absolute atomic E-state index is 5.55. The second kappa shape index (κ2) is 3.77. The third-order valence-corrected chi connectivity index (χ3v) is 2.33. The molecule has 0 aliphatic carbocycles. The molecule has 0 bridgehead atoms. The molecule has 0 fully saturated rings. The smallest absolute Gasteiger partial charge is 0.223 e. The van der Waals surface area contributed by atoms with Gasteiger partial charge in [0.1, 0.15) is 5.69 Å². The predicted molar refractivity (Wildman–Crippen MR) is 60.5 cm³/mol. The summed E-state index contributed by atoms with van der Waals surface area (Å²) >= 11 is 0. The van der Waals surface area contributed by atoms with Crippen LogP contribution in [-0.4, -0.2) is 12.0 Å². The van der Waals surface area contributed by atoms with E-state index in [0.717, 1.165) is 17.3 Å². The normalized spacial score (nSPS) is 10.3. The van der Waals surface area contributed by atoms with Crippen LogP contribution in [0.1, 0.15) is 11.6 Å². The maximum Gasteiger partial charge on any atom is 0.223 e. The zero-order chi connectivity index (χ0) is 10.8. The number of anilines is 2. The Bertz CT molecular complexity index is 448. The Kier molecular flexibility index (Phi) is 2.46. The van der Waals surface area contributed by atoms with Gasteiger partial charge in [-0.2, -0.15) is 0 Å². The number of aromatic nitrogens is 1. The zero-order valence-corrected chi connectivity index (χ0v) is 9.19. The van der Waals surface area contributed by atoms with E-state index in [9.17, 15) is 0 Å². The summed E-state index contributed by atoms with van der Waals surface area (Å²) in [5.74, 6) is 1.50. The number of benzene rings is 1. The van der Waals surface area contributed by atoms with Crippen LogP contribution in [0.25, 0.3) is 0 Å². The number of para-hydroxylation sites is 1. The van der Waals surface area contributed by atoms with Crippen LogP contribution in [0.4, 0.5) is 11.6 Å². The fourth-order valence-corrected chi connectivity index (χ4v) is 1.60. The van der Waals surface area contributed by atoms with Gasteiger partial charge in [-0.1, -0.05) is 18.2 Å². The van der Waals surface area contributed by atoms with E-state index in [0.29, 0.717) is 5.89 Å². The van der Waals surface area contributed by atoms with Crippen molar-refractivity contribution in [1.29, 1.82) is 0 Å². The van der Waals surface area contributed by atoms with E-state index in [4.69, 9.17) is 4.42 Å². The topological polar surface area (TPSA) is 29.3 Å². The van der Waals surface area contributed by atoms with E-state index >= 15 is 0 Å². The average molecular weight is 202 g/mol. The molecule has 1 aromatic carbocycles. The summed E-state index contributed by atoms with van der Waals surface area (Å²) in [7, 11) is 1.97. The van der Waals surface area contributed by atoms with Crippen LogP contribution in [0, 0.1) is 13.8 Å². The minimum absolute atomic E-state index is 0.699. The highest BCUT2D eigenvalue weighted by atomic mass is 16.4. The van der Waals surface area contributed by atoms with Gasteiger partial charge in [-0.15, -0.1) is 0 Å². The molecule has 0 aliphatic rings. The number of nitrogens with zero attached hydrogens (tertiary/aromatic N) is 2. The van der Waals surface area contributed by atoms with Crippen molar-refractivity contribution in [3.8, 4) is 0 Å². The fourth-order valence-electron chi connectivity index (χ4n) is 1.60. The molecule has 0 saturated carbocycles. The van der Waals surface area contributed by atoms with Gasteiger partial charge >= 0.3 is 0 Å². The van der Waals surface area contributed by atoms with E-state index in [2.05, 4.69) is 4.98 Å². The van der Waals surface area contributed by atoms with Crippen molar-refractivity contribution in [3.05, 3.63) is 41.9 Å². The van der Waals surface area contributed by atoms with Crippen LogP contribution in [0.15, 0.2) is 34.7 Å². The number of oxazole rings is 1. The van der Waals surface area contributed by atoms with E-state index in [-0.39, 0.29) is 0 Å². The standard InChI is InChI=1S/C12H14N2O/c1-9-12(15-10(2)13-9)14(3)11-7-5-4-6-8-11/h4-8H,1-3H3. The highest BCUT2D eigenvalue weighted by Gasteiger charge is 2.12. The molecule has 1 heterocycles. The summed E-state index contributed by atoms with van der Waals surface area (Å²) in [5.41, 5.74) is 2.01. The fraction of sp³-hybridized carbons (Fsp3) is 0.250. The Hall–Kier alpha value is -1.77. The third-order valence-electron chi connectivity index (χ3n) is 2.33. The number of rotatable bonds is 2. The molecule has 0 saturated heterocycles. The van der Waals surface area contributed by atoms with Gasteiger partial charge in [0.25, 0.3) is 0 Å². The second-order valence-electron chi connectivity index (χ2n) is 3.52. The first-order chi connectivity index (χ1) is 7.18. The van der Waals surface area contributed by atoms with Crippen molar-refractivity contribution in [1.82, 2.24) is 4.98 Å². The lowest BCUT2D eigenvalue weighted by atomic mass is 10.3. The van der Waals surface area contributed by atoms with Gasteiger partial charge in [-0.05, 0) is 19.1 Å². The van der Waals surface area contributed by atoms with Crippen molar-refractivity contribution in [2.45, 2.75) is 13.8 Å². The van der Waals surface area contributed by atoms with E-state index < -0.39 is 0 Å². The molecule has 3 nitrogen and oxygen atoms in total. The molecule has 15 heavy (non-hydrogen) atoms. The van der Waals surface area contributed by atoms with E-state index in [1.165, 1.54) is 0 Å². The minimum Gasteiger partial charge on any atom is -0.425 e. The quantitative estimate of drug-likeness (QED) is 0.749. The van der Waals surface area contributed by atoms with Crippen LogP contribution in [0.5, 0.6) is 0 Å². The number of aryl methyl sites for hydroxylation is 2. The van der Waals surface area contributed by atoms with Crippen LogP contribution in [0.3, 0.4) is 0 Å². The Morgan fingerprint density at radius 3 is 2.33 bits per heavy atom. The first kappa shape index (κ1) is 9.77. The van der Waals surface area contributed by atoms with Crippen LogP contribution in [-0.2, 0) is 0 Å². The zero-order valence-electron chi connectivity index (χ0n) is 9.19. The van der Waals surface area contributed by atoms with E-state index in [1.807, 2.05) is 56.1 Å². The van der Waals surface area contributed by atoms with Gasteiger partial charge in [0.05, 0.1) is 0 Å². The molecule has 0 radical (unpaired) electrons. The maximum atomic E-state index is 5.55. The Balaban J connectivity index is 2.36. The number of hydrogen-bond acceptors (Lipinski definition) is 3. The molecule has 0 N–H and O–H groups in total. The highest BCUT2D eigenvalue weighted by Crippen LogP contribution is 2.26. The lowest BCUT2D eigenvalue weighted by Gasteiger charge is -2.16. The van der Waals surface area contributed by atoms with Crippen molar-refractivity contribution in [2.75, 3.05) is 11.9 Å². The monoisotopic (exact) mass is 202 g/mol. The largest absolute Gasteiger partial charge is 0.425 e. The molecule has 0 atom stereocenters. The summed E-state index contributed by atoms with van der Waals surface area (Å²) in [6.07, 6.45) is 0.